The third kappa shape index (κ3) is 4.17. The van der Waals surface area contributed by atoms with Crippen molar-refractivity contribution in [2.45, 2.75) is 13.0 Å². The molecule has 0 spiro atoms. The van der Waals surface area contributed by atoms with Crippen LogP contribution in [0.4, 0.5) is 5.69 Å². The van der Waals surface area contributed by atoms with E-state index in [1.807, 2.05) is 49.4 Å². The molecule has 0 aliphatic heterocycles. The molecule has 1 N–H and O–H groups in total. The molecule has 0 bridgehead atoms. The Morgan fingerprint density at radius 3 is 2.57 bits per heavy atom. The number of amides is 1. The summed E-state index contributed by atoms with van der Waals surface area (Å²) in [6.07, 6.45) is 1.21. The van der Waals surface area contributed by atoms with Gasteiger partial charge in [0.15, 0.2) is 6.61 Å². The maximum atomic E-state index is 12.1. The van der Waals surface area contributed by atoms with Crippen molar-refractivity contribution in [2.75, 3.05) is 6.61 Å². The largest absolute Gasteiger partial charge is 0.451 e. The Labute approximate surface area is 160 Å². The second-order valence-corrected chi connectivity index (χ2v) is 6.42. The van der Waals surface area contributed by atoms with Gasteiger partial charge >= 0.3 is 5.97 Å². The third-order valence-electron chi connectivity index (χ3n) is 4.40. The quantitative estimate of drug-likeness (QED) is 0.401. The van der Waals surface area contributed by atoms with Crippen LogP contribution in [-0.4, -0.2) is 28.0 Å². The van der Waals surface area contributed by atoms with Gasteiger partial charge in [-0.1, -0.05) is 36.4 Å². The van der Waals surface area contributed by atoms with Crippen LogP contribution in [0.25, 0.3) is 10.8 Å². The van der Waals surface area contributed by atoms with E-state index in [0.717, 1.165) is 22.4 Å². The summed E-state index contributed by atoms with van der Waals surface area (Å²) in [5.74, 6) is -1.26. The van der Waals surface area contributed by atoms with Crippen molar-refractivity contribution in [3.05, 3.63) is 76.1 Å². The fourth-order valence-electron chi connectivity index (χ4n) is 2.90. The number of benzene rings is 2. The second kappa shape index (κ2) is 7.91. The monoisotopic (exact) mass is 381 g/mol. The Bertz CT molecular complexity index is 1060. The Morgan fingerprint density at radius 1 is 1.18 bits per heavy atom. The van der Waals surface area contributed by atoms with E-state index < -0.39 is 23.4 Å². The van der Waals surface area contributed by atoms with E-state index in [1.165, 1.54) is 17.8 Å². The molecule has 3 aromatic rings. The topological polar surface area (TPSA) is 103 Å². The summed E-state index contributed by atoms with van der Waals surface area (Å²) in [5.41, 5.74) is 0.711. The van der Waals surface area contributed by atoms with Crippen molar-refractivity contribution in [3.8, 4) is 0 Å². The number of esters is 1. The standard InChI is InChI=1S/C20H19N3O5/c1-13(15-8-7-14-5-3-4-6-16(14)9-15)21-19(24)12-28-20(25)18-10-17(23(26)27)11-22(18)2/h3-11,13H,12H2,1-2H3,(H,21,24). The van der Waals surface area contributed by atoms with Gasteiger partial charge in [0.25, 0.3) is 11.6 Å². The first-order valence-electron chi connectivity index (χ1n) is 8.61. The predicted octanol–water partition coefficient (Wildman–Crippen LogP) is 3.12. The minimum Gasteiger partial charge on any atom is -0.451 e. The number of aryl methyl sites for hydroxylation is 1. The predicted molar refractivity (Wildman–Crippen MR) is 103 cm³/mol. The lowest BCUT2D eigenvalue weighted by Crippen LogP contribution is -2.31. The molecule has 1 atom stereocenters. The maximum Gasteiger partial charge on any atom is 0.355 e. The minimum atomic E-state index is -0.802. The zero-order valence-electron chi connectivity index (χ0n) is 15.4. The van der Waals surface area contributed by atoms with Crippen LogP contribution in [0.2, 0.25) is 0 Å². The Morgan fingerprint density at radius 2 is 1.89 bits per heavy atom. The molecule has 0 saturated carbocycles. The molecule has 0 aliphatic rings. The summed E-state index contributed by atoms with van der Waals surface area (Å²) in [7, 11) is 1.49. The number of carbonyl (C=O) groups is 2. The lowest BCUT2D eigenvalue weighted by molar-refractivity contribution is -0.384. The van der Waals surface area contributed by atoms with Crippen LogP contribution >= 0.6 is 0 Å². The number of ether oxygens (including phenoxy) is 1. The lowest BCUT2D eigenvalue weighted by atomic mass is 10.0. The summed E-state index contributed by atoms with van der Waals surface area (Å²) >= 11 is 0. The SMILES string of the molecule is CC(NC(=O)COC(=O)c1cc([N+](=O)[O-])cn1C)c1ccc2ccccc2c1. The van der Waals surface area contributed by atoms with Crippen molar-refractivity contribution in [1.82, 2.24) is 9.88 Å². The molecule has 0 fully saturated rings. The van der Waals surface area contributed by atoms with E-state index in [-0.39, 0.29) is 17.4 Å². The molecule has 8 heteroatoms. The van der Waals surface area contributed by atoms with Crippen molar-refractivity contribution < 1.29 is 19.2 Å². The Kier molecular flexibility index (Phi) is 5.39. The number of hydrogen-bond acceptors (Lipinski definition) is 5. The maximum absolute atomic E-state index is 12.1. The number of rotatable bonds is 6. The van der Waals surface area contributed by atoms with Crippen LogP contribution in [0, 0.1) is 10.1 Å². The highest BCUT2D eigenvalue weighted by atomic mass is 16.6. The molecule has 1 aromatic heterocycles. The zero-order chi connectivity index (χ0) is 20.3. The van der Waals surface area contributed by atoms with Crippen LogP contribution < -0.4 is 5.32 Å². The first kappa shape index (κ1) is 19.1. The second-order valence-electron chi connectivity index (χ2n) is 6.42. The molecule has 2 aromatic carbocycles. The van der Waals surface area contributed by atoms with E-state index in [1.54, 1.807) is 0 Å². The minimum absolute atomic E-state index is 0.00192. The molecule has 1 heterocycles. The highest BCUT2D eigenvalue weighted by molar-refractivity contribution is 5.91. The van der Waals surface area contributed by atoms with Gasteiger partial charge in [-0.15, -0.1) is 0 Å². The van der Waals surface area contributed by atoms with Gasteiger partial charge in [-0.25, -0.2) is 4.79 Å². The first-order chi connectivity index (χ1) is 13.3. The molecule has 3 rings (SSSR count). The smallest absolute Gasteiger partial charge is 0.355 e. The number of nitro groups is 1. The van der Waals surface area contributed by atoms with Gasteiger partial charge in [-0.2, -0.15) is 0 Å². The molecule has 8 nitrogen and oxygen atoms in total. The average molecular weight is 381 g/mol. The summed E-state index contributed by atoms with van der Waals surface area (Å²) in [4.78, 5) is 34.4. The number of fused-ring (bicyclic) bond motifs is 1. The van der Waals surface area contributed by atoms with E-state index in [0.29, 0.717) is 0 Å². The average Bonchev–Trinajstić information content (AvgIpc) is 3.08. The van der Waals surface area contributed by atoms with E-state index in [2.05, 4.69) is 5.32 Å². The van der Waals surface area contributed by atoms with Crippen LogP contribution in [0.3, 0.4) is 0 Å². The highest BCUT2D eigenvalue weighted by Crippen LogP contribution is 2.20. The van der Waals surface area contributed by atoms with Gasteiger partial charge in [0.2, 0.25) is 0 Å². The third-order valence-corrected chi connectivity index (χ3v) is 4.40. The zero-order valence-corrected chi connectivity index (χ0v) is 15.4. The summed E-state index contributed by atoms with van der Waals surface area (Å²) in [6, 6.07) is 14.7. The molecule has 0 radical (unpaired) electrons. The van der Waals surface area contributed by atoms with Crippen molar-refractivity contribution in [3.63, 3.8) is 0 Å². The number of nitrogens with one attached hydrogen (secondary N) is 1. The number of nitrogens with zero attached hydrogens (tertiary/aromatic N) is 2. The molecule has 0 saturated heterocycles. The van der Waals surface area contributed by atoms with Crippen LogP contribution in [0.5, 0.6) is 0 Å². The fourth-order valence-corrected chi connectivity index (χ4v) is 2.90. The number of hydrogen-bond donors (Lipinski definition) is 1. The van der Waals surface area contributed by atoms with Gasteiger partial charge < -0.3 is 14.6 Å². The van der Waals surface area contributed by atoms with Crippen molar-refractivity contribution in [1.29, 1.82) is 0 Å². The van der Waals surface area contributed by atoms with Crippen LogP contribution in [0.15, 0.2) is 54.7 Å². The van der Waals surface area contributed by atoms with Crippen LogP contribution in [-0.2, 0) is 16.6 Å². The van der Waals surface area contributed by atoms with Gasteiger partial charge in [0, 0.05) is 13.1 Å². The van der Waals surface area contributed by atoms with Gasteiger partial charge in [-0.3, -0.25) is 14.9 Å². The molecule has 1 unspecified atom stereocenters. The van der Waals surface area contributed by atoms with E-state index in [4.69, 9.17) is 4.74 Å². The van der Waals surface area contributed by atoms with Crippen molar-refractivity contribution >= 4 is 28.3 Å². The van der Waals surface area contributed by atoms with Gasteiger partial charge in [0.05, 0.1) is 17.2 Å². The molecule has 1 amide bonds. The number of aromatic nitrogens is 1. The summed E-state index contributed by atoms with van der Waals surface area (Å²) in [5, 5.41) is 15.7. The van der Waals surface area contributed by atoms with E-state index in [9.17, 15) is 19.7 Å². The van der Waals surface area contributed by atoms with Crippen molar-refractivity contribution in [2.24, 2.45) is 7.05 Å². The highest BCUT2D eigenvalue weighted by Gasteiger charge is 2.20. The van der Waals surface area contributed by atoms with Gasteiger partial charge in [0.1, 0.15) is 5.69 Å². The molecular weight excluding hydrogens is 362 g/mol. The first-order valence-corrected chi connectivity index (χ1v) is 8.61. The summed E-state index contributed by atoms with van der Waals surface area (Å²) < 4.78 is 6.26. The van der Waals surface area contributed by atoms with Gasteiger partial charge in [-0.05, 0) is 29.3 Å². The molecular formula is C20H19N3O5. The normalized spacial score (nSPS) is 11.8. The lowest BCUT2D eigenvalue weighted by Gasteiger charge is -2.15. The Hall–Kier alpha value is -3.68. The fraction of sp³-hybridized carbons (Fsp3) is 0.200. The summed E-state index contributed by atoms with van der Waals surface area (Å²) in [6.45, 7) is 1.36. The van der Waals surface area contributed by atoms with E-state index >= 15 is 0 Å². The number of carbonyl (C=O) groups excluding carboxylic acids is 2. The molecule has 144 valence electrons. The van der Waals surface area contributed by atoms with Crippen LogP contribution in [0.1, 0.15) is 29.0 Å². The molecule has 0 aliphatic carbocycles. The molecule has 28 heavy (non-hydrogen) atoms. The Balaban J connectivity index is 1.58.